The SMILES string of the molecule is CC(C)(C)c1ccc(-c2cc(CCC(=N)N)cc(CO)c2CO)cc1. The zero-order valence-electron chi connectivity index (χ0n) is 15.3. The number of benzene rings is 2. The Morgan fingerprint density at radius 1 is 1.04 bits per heavy atom. The zero-order chi connectivity index (χ0) is 18.6. The maximum atomic E-state index is 9.82. The second kappa shape index (κ2) is 7.81. The molecule has 2 aromatic rings. The van der Waals surface area contributed by atoms with Crippen LogP contribution >= 0.6 is 0 Å². The van der Waals surface area contributed by atoms with Crippen LogP contribution in [0.3, 0.4) is 0 Å². The number of aliphatic hydroxyl groups is 2. The summed E-state index contributed by atoms with van der Waals surface area (Å²) in [5, 5.41) is 26.9. The first-order valence-electron chi connectivity index (χ1n) is 8.56. The molecule has 134 valence electrons. The first kappa shape index (κ1) is 19.2. The van der Waals surface area contributed by atoms with Gasteiger partial charge in [0.2, 0.25) is 0 Å². The molecule has 0 aliphatic carbocycles. The van der Waals surface area contributed by atoms with E-state index in [1.54, 1.807) is 0 Å². The summed E-state index contributed by atoms with van der Waals surface area (Å²) in [6.07, 6.45) is 1.12. The van der Waals surface area contributed by atoms with Crippen molar-refractivity contribution in [2.24, 2.45) is 5.73 Å². The molecule has 0 bridgehead atoms. The summed E-state index contributed by atoms with van der Waals surface area (Å²) in [6, 6.07) is 12.3. The highest BCUT2D eigenvalue weighted by molar-refractivity contribution is 5.77. The summed E-state index contributed by atoms with van der Waals surface area (Å²) in [4.78, 5) is 0. The molecule has 0 spiro atoms. The summed E-state index contributed by atoms with van der Waals surface area (Å²) in [6.45, 7) is 6.27. The van der Waals surface area contributed by atoms with E-state index >= 15 is 0 Å². The number of aliphatic hydroxyl groups excluding tert-OH is 2. The standard InChI is InChI=1S/C21H28N2O2/c1-21(2,3)17-7-5-15(6-8-17)18-11-14(4-9-20(22)23)10-16(12-24)19(18)13-25/h5-8,10-11,24-25H,4,9,12-13H2,1-3H3,(H3,22,23). The fourth-order valence-corrected chi connectivity index (χ4v) is 2.96. The van der Waals surface area contributed by atoms with Crippen molar-refractivity contribution in [3.05, 3.63) is 58.7 Å². The van der Waals surface area contributed by atoms with Crippen LogP contribution in [0.5, 0.6) is 0 Å². The maximum absolute atomic E-state index is 9.82. The van der Waals surface area contributed by atoms with Gasteiger partial charge in [-0.25, -0.2) is 0 Å². The van der Waals surface area contributed by atoms with Gasteiger partial charge in [0.05, 0.1) is 19.0 Å². The third kappa shape index (κ3) is 4.68. The molecule has 0 saturated heterocycles. The van der Waals surface area contributed by atoms with Crippen LogP contribution in [0.4, 0.5) is 0 Å². The van der Waals surface area contributed by atoms with Gasteiger partial charge in [-0.15, -0.1) is 0 Å². The minimum Gasteiger partial charge on any atom is -0.392 e. The molecule has 0 aliphatic heterocycles. The van der Waals surface area contributed by atoms with E-state index in [0.717, 1.165) is 27.8 Å². The van der Waals surface area contributed by atoms with E-state index in [0.29, 0.717) is 12.8 Å². The van der Waals surface area contributed by atoms with Gasteiger partial charge in [0.15, 0.2) is 0 Å². The van der Waals surface area contributed by atoms with Crippen molar-refractivity contribution in [2.45, 2.75) is 52.2 Å². The molecule has 0 aliphatic rings. The lowest BCUT2D eigenvalue weighted by Crippen LogP contribution is -2.11. The number of aryl methyl sites for hydroxylation is 1. The Kier molecular flexibility index (Phi) is 5.98. The molecule has 4 heteroatoms. The van der Waals surface area contributed by atoms with Gasteiger partial charge in [0.1, 0.15) is 0 Å². The van der Waals surface area contributed by atoms with E-state index in [-0.39, 0.29) is 24.5 Å². The van der Waals surface area contributed by atoms with Crippen LogP contribution in [-0.4, -0.2) is 16.0 Å². The molecule has 0 saturated carbocycles. The molecule has 0 aromatic heterocycles. The smallest absolute Gasteiger partial charge is 0.0908 e. The largest absolute Gasteiger partial charge is 0.392 e. The predicted molar refractivity (Wildman–Crippen MR) is 103 cm³/mol. The average Bonchev–Trinajstić information content (AvgIpc) is 2.58. The molecule has 0 atom stereocenters. The summed E-state index contributed by atoms with van der Waals surface area (Å²) < 4.78 is 0. The fraction of sp³-hybridized carbons (Fsp3) is 0.381. The van der Waals surface area contributed by atoms with E-state index in [4.69, 9.17) is 11.1 Å². The molecule has 2 rings (SSSR count). The Morgan fingerprint density at radius 2 is 1.68 bits per heavy atom. The van der Waals surface area contributed by atoms with Gasteiger partial charge < -0.3 is 15.9 Å². The number of rotatable bonds is 6. The van der Waals surface area contributed by atoms with Gasteiger partial charge in [-0.3, -0.25) is 5.41 Å². The molecule has 0 unspecified atom stereocenters. The first-order chi connectivity index (χ1) is 11.8. The Bertz CT molecular complexity index is 744. The van der Waals surface area contributed by atoms with Crippen molar-refractivity contribution in [1.29, 1.82) is 5.41 Å². The summed E-state index contributed by atoms with van der Waals surface area (Å²) >= 11 is 0. The predicted octanol–water partition coefficient (Wildman–Crippen LogP) is 3.50. The molecule has 5 N–H and O–H groups in total. The fourth-order valence-electron chi connectivity index (χ4n) is 2.96. The molecular formula is C21H28N2O2. The van der Waals surface area contributed by atoms with Crippen molar-refractivity contribution < 1.29 is 10.2 Å². The van der Waals surface area contributed by atoms with Gasteiger partial charge in [-0.2, -0.15) is 0 Å². The Morgan fingerprint density at radius 3 is 2.16 bits per heavy atom. The normalized spacial score (nSPS) is 11.6. The maximum Gasteiger partial charge on any atom is 0.0908 e. The Hall–Kier alpha value is -2.17. The molecule has 25 heavy (non-hydrogen) atoms. The highest BCUT2D eigenvalue weighted by Crippen LogP contribution is 2.31. The monoisotopic (exact) mass is 340 g/mol. The second-order valence-electron chi connectivity index (χ2n) is 7.45. The molecule has 0 heterocycles. The third-order valence-electron chi connectivity index (χ3n) is 4.48. The molecule has 0 radical (unpaired) electrons. The van der Waals surface area contributed by atoms with Crippen LogP contribution in [0.1, 0.15) is 49.4 Å². The van der Waals surface area contributed by atoms with Crippen molar-refractivity contribution in [1.82, 2.24) is 0 Å². The first-order valence-corrected chi connectivity index (χ1v) is 8.56. The minimum absolute atomic E-state index is 0.0813. The Balaban J connectivity index is 2.50. The molecule has 2 aromatic carbocycles. The summed E-state index contributed by atoms with van der Waals surface area (Å²) in [5.41, 5.74) is 11.2. The number of nitrogens with two attached hydrogens (primary N) is 1. The topological polar surface area (TPSA) is 90.3 Å². The summed E-state index contributed by atoms with van der Waals surface area (Å²) in [7, 11) is 0. The lowest BCUT2D eigenvalue weighted by molar-refractivity contribution is 0.260. The van der Waals surface area contributed by atoms with Gasteiger partial charge in [-0.05, 0) is 45.2 Å². The molecule has 0 amide bonds. The van der Waals surface area contributed by atoms with Gasteiger partial charge in [0.25, 0.3) is 0 Å². The van der Waals surface area contributed by atoms with E-state index in [1.807, 2.05) is 12.1 Å². The highest BCUT2D eigenvalue weighted by Gasteiger charge is 2.15. The van der Waals surface area contributed by atoms with Crippen LogP contribution in [0.15, 0.2) is 36.4 Å². The van der Waals surface area contributed by atoms with Crippen LogP contribution < -0.4 is 5.73 Å². The van der Waals surface area contributed by atoms with Gasteiger partial charge >= 0.3 is 0 Å². The average molecular weight is 340 g/mol. The van der Waals surface area contributed by atoms with Crippen molar-refractivity contribution in [3.8, 4) is 11.1 Å². The van der Waals surface area contributed by atoms with Crippen LogP contribution in [0.2, 0.25) is 0 Å². The zero-order valence-corrected chi connectivity index (χ0v) is 15.3. The molecule has 0 fully saturated rings. The second-order valence-corrected chi connectivity index (χ2v) is 7.45. The Labute approximate surface area is 149 Å². The molecular weight excluding hydrogens is 312 g/mol. The van der Waals surface area contributed by atoms with Gasteiger partial charge in [-0.1, -0.05) is 57.2 Å². The van der Waals surface area contributed by atoms with E-state index < -0.39 is 0 Å². The quantitative estimate of drug-likeness (QED) is 0.479. The number of hydrogen-bond donors (Lipinski definition) is 4. The van der Waals surface area contributed by atoms with E-state index in [2.05, 4.69) is 45.0 Å². The number of nitrogens with one attached hydrogen (secondary N) is 1. The number of hydrogen-bond acceptors (Lipinski definition) is 3. The summed E-state index contributed by atoms with van der Waals surface area (Å²) in [5.74, 6) is 0.146. The van der Waals surface area contributed by atoms with Crippen LogP contribution in [0.25, 0.3) is 11.1 Å². The van der Waals surface area contributed by atoms with Crippen molar-refractivity contribution in [2.75, 3.05) is 0 Å². The molecule has 4 nitrogen and oxygen atoms in total. The van der Waals surface area contributed by atoms with Crippen molar-refractivity contribution in [3.63, 3.8) is 0 Å². The lowest BCUT2D eigenvalue weighted by atomic mass is 9.85. The van der Waals surface area contributed by atoms with Crippen LogP contribution in [0, 0.1) is 5.41 Å². The lowest BCUT2D eigenvalue weighted by Gasteiger charge is -2.20. The van der Waals surface area contributed by atoms with E-state index in [9.17, 15) is 10.2 Å². The number of amidine groups is 1. The van der Waals surface area contributed by atoms with Gasteiger partial charge in [0, 0.05) is 6.42 Å². The minimum atomic E-state index is -0.128. The van der Waals surface area contributed by atoms with Crippen molar-refractivity contribution >= 4 is 5.84 Å². The third-order valence-corrected chi connectivity index (χ3v) is 4.48. The highest BCUT2D eigenvalue weighted by atomic mass is 16.3. The van der Waals surface area contributed by atoms with Crippen LogP contribution in [-0.2, 0) is 25.0 Å². The van der Waals surface area contributed by atoms with E-state index in [1.165, 1.54) is 5.56 Å².